The number of β-amino-alcohol motifs (C(OH)–C–C–N with tert-alkyl or cyclic N) is 1. The molecule has 7 heteroatoms. The zero-order valence-electron chi connectivity index (χ0n) is 13.2. The first-order chi connectivity index (χ1) is 10.6. The maximum atomic E-state index is 11.6. The van der Waals surface area contributed by atoms with Crippen LogP contribution in [0, 0.1) is 6.92 Å². The van der Waals surface area contributed by atoms with Gasteiger partial charge in [0.2, 0.25) is 5.91 Å². The van der Waals surface area contributed by atoms with Crippen molar-refractivity contribution < 1.29 is 9.90 Å². The molecular formula is C15H25N5O2. The number of aromatic nitrogens is 2. The maximum absolute atomic E-state index is 11.6. The lowest BCUT2D eigenvalue weighted by Crippen LogP contribution is -2.50. The number of aromatic amines is 1. The molecule has 0 saturated carbocycles. The molecule has 2 fully saturated rings. The summed E-state index contributed by atoms with van der Waals surface area (Å²) in [5.41, 5.74) is 1.07. The van der Waals surface area contributed by atoms with Gasteiger partial charge in [-0.2, -0.15) is 5.10 Å². The van der Waals surface area contributed by atoms with Gasteiger partial charge in [-0.15, -0.1) is 0 Å². The van der Waals surface area contributed by atoms with Crippen molar-refractivity contribution in [1.82, 2.24) is 20.0 Å². The topological polar surface area (TPSA) is 75.7 Å². The number of carbonyl (C=O) groups is 1. The molecule has 2 N–H and O–H groups in total. The Bertz CT molecular complexity index is 510. The van der Waals surface area contributed by atoms with Crippen LogP contribution in [0.1, 0.15) is 18.5 Å². The van der Waals surface area contributed by atoms with Crippen molar-refractivity contribution >= 4 is 11.7 Å². The minimum absolute atomic E-state index is 0.178. The van der Waals surface area contributed by atoms with Gasteiger partial charge < -0.3 is 14.9 Å². The lowest BCUT2D eigenvalue weighted by molar-refractivity contribution is -0.129. The Balaban J connectivity index is 1.42. The number of H-pyrrole nitrogens is 1. The zero-order chi connectivity index (χ0) is 15.5. The average Bonchev–Trinajstić information content (AvgIpc) is 3.09. The molecule has 1 atom stereocenters. The van der Waals surface area contributed by atoms with Gasteiger partial charge in [-0.05, 0) is 13.3 Å². The second-order valence-corrected chi connectivity index (χ2v) is 6.29. The molecule has 7 nitrogen and oxygen atoms in total. The summed E-state index contributed by atoms with van der Waals surface area (Å²) in [6.45, 7) is 7.56. The molecule has 3 rings (SSSR count). The molecular weight excluding hydrogens is 282 g/mol. The van der Waals surface area contributed by atoms with E-state index in [1.807, 2.05) is 6.92 Å². The summed E-state index contributed by atoms with van der Waals surface area (Å²) in [5.74, 6) is 1.18. The second-order valence-electron chi connectivity index (χ2n) is 6.29. The van der Waals surface area contributed by atoms with E-state index in [0.29, 0.717) is 19.5 Å². The van der Waals surface area contributed by atoms with E-state index in [1.54, 1.807) is 4.90 Å². The van der Waals surface area contributed by atoms with Crippen molar-refractivity contribution in [2.24, 2.45) is 0 Å². The molecule has 2 aliphatic rings. The zero-order valence-corrected chi connectivity index (χ0v) is 13.2. The smallest absolute Gasteiger partial charge is 0.222 e. The van der Waals surface area contributed by atoms with Crippen LogP contribution < -0.4 is 4.90 Å². The Morgan fingerprint density at radius 3 is 2.64 bits per heavy atom. The number of rotatable bonds is 5. The molecule has 1 aromatic rings. The molecule has 0 aromatic carbocycles. The van der Waals surface area contributed by atoms with Gasteiger partial charge >= 0.3 is 0 Å². The molecule has 22 heavy (non-hydrogen) atoms. The van der Waals surface area contributed by atoms with E-state index in [1.165, 1.54) is 0 Å². The van der Waals surface area contributed by atoms with Crippen LogP contribution in [-0.4, -0.2) is 82.9 Å². The number of nitrogens with zero attached hydrogens (tertiary/aromatic N) is 4. The van der Waals surface area contributed by atoms with E-state index in [9.17, 15) is 9.90 Å². The van der Waals surface area contributed by atoms with Gasteiger partial charge in [0.1, 0.15) is 0 Å². The molecule has 0 bridgehead atoms. The van der Waals surface area contributed by atoms with E-state index >= 15 is 0 Å². The van der Waals surface area contributed by atoms with Crippen molar-refractivity contribution in [2.75, 3.05) is 50.7 Å². The molecule has 122 valence electrons. The van der Waals surface area contributed by atoms with Crippen LogP contribution >= 0.6 is 0 Å². The Morgan fingerprint density at radius 2 is 2.05 bits per heavy atom. The van der Waals surface area contributed by atoms with Gasteiger partial charge in [0.15, 0.2) is 5.82 Å². The molecule has 3 heterocycles. The monoisotopic (exact) mass is 307 g/mol. The summed E-state index contributed by atoms with van der Waals surface area (Å²) < 4.78 is 0. The number of hydrogen-bond donors (Lipinski definition) is 2. The van der Waals surface area contributed by atoms with E-state index in [4.69, 9.17) is 0 Å². The molecule has 2 saturated heterocycles. The number of aryl methyl sites for hydroxylation is 1. The number of piperazine rings is 1. The molecule has 1 aromatic heterocycles. The minimum Gasteiger partial charge on any atom is -0.390 e. The molecule has 1 amide bonds. The van der Waals surface area contributed by atoms with Crippen LogP contribution in [0.25, 0.3) is 0 Å². The number of aliphatic hydroxyl groups excluding tert-OH is 1. The summed E-state index contributed by atoms with van der Waals surface area (Å²) >= 11 is 0. The summed E-state index contributed by atoms with van der Waals surface area (Å²) in [4.78, 5) is 17.9. The van der Waals surface area contributed by atoms with E-state index in [2.05, 4.69) is 26.1 Å². The molecule has 0 aliphatic carbocycles. The van der Waals surface area contributed by atoms with Crippen LogP contribution in [-0.2, 0) is 4.79 Å². The standard InChI is InChI=1S/C15H25N5O2/c1-12-9-14(17-16-12)19-7-5-18(6-8-19)10-13(21)11-20-4-2-3-15(20)22/h9,13,21H,2-8,10-11H2,1H3,(H,16,17). The number of likely N-dealkylation sites (tertiary alicyclic amines) is 1. The van der Waals surface area contributed by atoms with Crippen molar-refractivity contribution in [3.8, 4) is 0 Å². The van der Waals surface area contributed by atoms with E-state index < -0.39 is 6.10 Å². The van der Waals surface area contributed by atoms with Gasteiger partial charge in [0.05, 0.1) is 6.10 Å². The molecule has 0 radical (unpaired) electrons. The Morgan fingerprint density at radius 1 is 1.27 bits per heavy atom. The van der Waals surface area contributed by atoms with Crippen LogP contribution in [0.3, 0.4) is 0 Å². The minimum atomic E-state index is -0.457. The van der Waals surface area contributed by atoms with Crippen molar-refractivity contribution in [3.05, 3.63) is 11.8 Å². The highest BCUT2D eigenvalue weighted by Gasteiger charge is 2.25. The normalized spacial score (nSPS) is 21.6. The number of hydrogen-bond acceptors (Lipinski definition) is 5. The second kappa shape index (κ2) is 6.66. The third-order valence-electron chi connectivity index (χ3n) is 4.46. The summed E-state index contributed by atoms with van der Waals surface area (Å²) in [5, 5.41) is 17.5. The van der Waals surface area contributed by atoms with Crippen LogP contribution in [0.4, 0.5) is 5.82 Å². The number of amides is 1. The predicted molar refractivity (Wildman–Crippen MR) is 83.8 cm³/mol. The fourth-order valence-corrected chi connectivity index (χ4v) is 3.23. The number of carbonyl (C=O) groups excluding carboxylic acids is 1. The summed E-state index contributed by atoms with van der Waals surface area (Å²) in [6.07, 6.45) is 1.10. The fraction of sp³-hybridized carbons (Fsp3) is 0.733. The molecule has 1 unspecified atom stereocenters. The number of nitrogens with one attached hydrogen (secondary N) is 1. The van der Waals surface area contributed by atoms with Gasteiger partial charge in [-0.3, -0.25) is 14.8 Å². The SMILES string of the molecule is Cc1cc(N2CCN(CC(O)CN3CCCC3=O)CC2)n[nH]1. The van der Waals surface area contributed by atoms with E-state index in [-0.39, 0.29) is 5.91 Å². The molecule has 2 aliphatic heterocycles. The summed E-state index contributed by atoms with van der Waals surface area (Å²) in [7, 11) is 0. The summed E-state index contributed by atoms with van der Waals surface area (Å²) in [6, 6.07) is 2.06. The van der Waals surface area contributed by atoms with Crippen molar-refractivity contribution in [2.45, 2.75) is 25.9 Å². The number of aliphatic hydroxyl groups is 1. The van der Waals surface area contributed by atoms with Gasteiger partial charge in [0.25, 0.3) is 0 Å². The highest BCUT2D eigenvalue weighted by molar-refractivity contribution is 5.78. The predicted octanol–water partition coefficient (Wildman–Crippen LogP) is -0.177. The average molecular weight is 307 g/mol. The lowest BCUT2D eigenvalue weighted by atomic mass is 10.2. The van der Waals surface area contributed by atoms with Crippen molar-refractivity contribution in [1.29, 1.82) is 0 Å². The maximum Gasteiger partial charge on any atom is 0.222 e. The van der Waals surface area contributed by atoms with Gasteiger partial charge in [0, 0.05) is 64.0 Å². The third kappa shape index (κ3) is 3.59. The lowest BCUT2D eigenvalue weighted by Gasteiger charge is -2.36. The fourth-order valence-electron chi connectivity index (χ4n) is 3.23. The van der Waals surface area contributed by atoms with Gasteiger partial charge in [-0.1, -0.05) is 0 Å². The largest absolute Gasteiger partial charge is 0.390 e. The Labute approximate surface area is 130 Å². The molecule has 0 spiro atoms. The van der Waals surface area contributed by atoms with Gasteiger partial charge in [-0.25, -0.2) is 0 Å². The van der Waals surface area contributed by atoms with Crippen LogP contribution in [0.2, 0.25) is 0 Å². The van der Waals surface area contributed by atoms with Crippen molar-refractivity contribution in [3.63, 3.8) is 0 Å². The Kier molecular flexibility index (Phi) is 4.63. The van der Waals surface area contributed by atoms with E-state index in [0.717, 1.165) is 50.7 Å². The number of anilines is 1. The quantitative estimate of drug-likeness (QED) is 0.789. The first kappa shape index (κ1) is 15.3. The third-order valence-corrected chi connectivity index (χ3v) is 4.46. The Hall–Kier alpha value is -1.60. The first-order valence-electron chi connectivity index (χ1n) is 8.07. The first-order valence-corrected chi connectivity index (χ1v) is 8.07. The van der Waals surface area contributed by atoms with Crippen LogP contribution in [0.15, 0.2) is 6.07 Å². The highest BCUT2D eigenvalue weighted by Crippen LogP contribution is 2.15. The highest BCUT2D eigenvalue weighted by atomic mass is 16.3. The van der Waals surface area contributed by atoms with Crippen LogP contribution in [0.5, 0.6) is 0 Å².